The van der Waals surface area contributed by atoms with Crippen molar-refractivity contribution in [1.82, 2.24) is 9.84 Å². The minimum absolute atomic E-state index is 0.554. The van der Waals surface area contributed by atoms with Crippen molar-refractivity contribution < 1.29 is 8.42 Å². The predicted molar refractivity (Wildman–Crippen MR) is 33.2 cm³/mol. The number of hydrogen-bond acceptors (Lipinski definition) is 2. The van der Waals surface area contributed by atoms with Crippen LogP contribution in [0, 0.1) is 0 Å². The summed E-state index contributed by atoms with van der Waals surface area (Å²) in [5.74, 6) is 0. The summed E-state index contributed by atoms with van der Waals surface area (Å²) in [5.41, 5.74) is 3.75. The van der Waals surface area contributed by atoms with Gasteiger partial charge in [0.1, 0.15) is 0 Å². The van der Waals surface area contributed by atoms with E-state index < -0.39 is 10.0 Å². The quantitative estimate of drug-likeness (QED) is 0.488. The van der Waals surface area contributed by atoms with Crippen LogP contribution in [0.1, 0.15) is 6.42 Å². The first kappa shape index (κ1) is 6.98. The lowest BCUT2D eigenvalue weighted by Gasteiger charge is -2.08. The first-order valence-electron chi connectivity index (χ1n) is 2.76. The average Bonchev–Trinajstić information content (AvgIpc) is 2.08. The van der Waals surface area contributed by atoms with E-state index in [2.05, 4.69) is 5.43 Å². The molecule has 0 unspecified atom stereocenters. The average molecular weight is 149 g/mol. The lowest BCUT2D eigenvalue weighted by molar-refractivity contribution is 0.394. The van der Waals surface area contributed by atoms with Gasteiger partial charge in [-0.05, 0) is 6.42 Å². The summed E-state index contributed by atoms with van der Waals surface area (Å²) < 4.78 is 22.5. The Labute approximate surface area is 54.9 Å². The summed E-state index contributed by atoms with van der Waals surface area (Å²) in [7, 11) is -3.04. The Balaban J connectivity index is 2.63. The number of hydrogen-bond donors (Lipinski definition) is 0. The van der Waals surface area contributed by atoms with Crippen molar-refractivity contribution >= 4 is 10.0 Å². The van der Waals surface area contributed by atoms with Gasteiger partial charge < -0.3 is 0 Å². The molecule has 53 valence electrons. The molecule has 0 aromatic carbocycles. The van der Waals surface area contributed by atoms with Crippen molar-refractivity contribution in [2.45, 2.75) is 6.42 Å². The summed E-state index contributed by atoms with van der Waals surface area (Å²) in [6.45, 7) is 1.20. The molecule has 1 rings (SSSR count). The molecule has 9 heavy (non-hydrogen) atoms. The first-order valence-corrected chi connectivity index (χ1v) is 4.60. The summed E-state index contributed by atoms with van der Waals surface area (Å²) in [4.78, 5) is 0. The molecule has 0 saturated carbocycles. The molecule has 0 aromatic heterocycles. The normalized spacial score (nSPS) is 22.8. The van der Waals surface area contributed by atoms with Crippen molar-refractivity contribution in [1.29, 1.82) is 0 Å². The molecule has 0 atom stereocenters. The Morgan fingerprint density at radius 2 is 2.22 bits per heavy atom. The van der Waals surface area contributed by atoms with Crippen molar-refractivity contribution in [3.05, 3.63) is 0 Å². The van der Waals surface area contributed by atoms with Gasteiger partial charge in [0.15, 0.2) is 0 Å². The molecule has 1 fully saturated rings. The SMILES string of the molecule is CS(=O)(=O)N1CCC[N]1. The monoisotopic (exact) mass is 149 g/mol. The Hall–Kier alpha value is -0.130. The molecule has 0 amide bonds. The first-order chi connectivity index (χ1) is 4.11. The van der Waals surface area contributed by atoms with Crippen molar-refractivity contribution in [3.63, 3.8) is 0 Å². The van der Waals surface area contributed by atoms with Crippen LogP contribution in [0.3, 0.4) is 0 Å². The van der Waals surface area contributed by atoms with Crippen LogP contribution in [0.5, 0.6) is 0 Å². The third kappa shape index (κ3) is 1.64. The Morgan fingerprint density at radius 3 is 2.44 bits per heavy atom. The van der Waals surface area contributed by atoms with Crippen LogP contribution in [0.4, 0.5) is 0 Å². The molecule has 1 aliphatic rings. The summed E-state index contributed by atoms with van der Waals surface area (Å²) >= 11 is 0. The minimum atomic E-state index is -3.04. The van der Waals surface area contributed by atoms with Gasteiger partial charge in [0.05, 0.1) is 6.26 Å². The maximum Gasteiger partial charge on any atom is 0.225 e. The van der Waals surface area contributed by atoms with E-state index in [9.17, 15) is 8.42 Å². The van der Waals surface area contributed by atoms with Gasteiger partial charge in [-0.25, -0.2) is 8.42 Å². The fourth-order valence-electron chi connectivity index (χ4n) is 0.730. The highest BCUT2D eigenvalue weighted by Gasteiger charge is 2.21. The Morgan fingerprint density at radius 1 is 1.56 bits per heavy atom. The second kappa shape index (κ2) is 2.24. The molecular weight excluding hydrogens is 140 g/mol. The second-order valence-electron chi connectivity index (χ2n) is 2.03. The highest BCUT2D eigenvalue weighted by atomic mass is 32.2. The van der Waals surface area contributed by atoms with E-state index in [4.69, 9.17) is 0 Å². The molecule has 5 heteroatoms. The maximum atomic E-state index is 10.7. The standard InChI is InChI=1S/C4H9N2O2S/c1-9(7,8)6-4-2-3-5-6/h2-4H2,1H3. The van der Waals surface area contributed by atoms with E-state index in [1.54, 1.807) is 0 Å². The molecular formula is C4H9N2O2S. The van der Waals surface area contributed by atoms with E-state index in [1.165, 1.54) is 6.26 Å². The van der Waals surface area contributed by atoms with Gasteiger partial charge in [0.2, 0.25) is 10.0 Å². The van der Waals surface area contributed by atoms with Crippen LogP contribution in [-0.2, 0) is 10.0 Å². The summed E-state index contributed by atoms with van der Waals surface area (Å²) in [6, 6.07) is 0. The van der Waals surface area contributed by atoms with E-state index >= 15 is 0 Å². The summed E-state index contributed by atoms with van der Waals surface area (Å²) in [5, 5.41) is 0. The highest BCUT2D eigenvalue weighted by molar-refractivity contribution is 7.88. The van der Waals surface area contributed by atoms with Gasteiger partial charge >= 0.3 is 0 Å². The molecule has 1 aliphatic heterocycles. The maximum absolute atomic E-state index is 10.7. The fourth-order valence-corrected chi connectivity index (χ4v) is 1.48. The predicted octanol–water partition coefficient (Wildman–Crippen LogP) is -0.829. The molecule has 1 heterocycles. The van der Waals surface area contributed by atoms with Crippen LogP contribution < -0.4 is 5.43 Å². The Bertz CT molecular complexity index is 181. The van der Waals surface area contributed by atoms with Gasteiger partial charge in [-0.15, -0.1) is 9.84 Å². The number of sulfonamides is 1. The van der Waals surface area contributed by atoms with Crippen molar-refractivity contribution in [2.24, 2.45) is 0 Å². The van der Waals surface area contributed by atoms with Crippen molar-refractivity contribution in [2.75, 3.05) is 19.3 Å². The van der Waals surface area contributed by atoms with Crippen LogP contribution in [0.25, 0.3) is 0 Å². The minimum Gasteiger partial charge on any atom is -0.211 e. The fraction of sp³-hybridized carbons (Fsp3) is 1.00. The van der Waals surface area contributed by atoms with E-state index in [0.717, 1.165) is 10.8 Å². The molecule has 1 radical (unpaired) electrons. The summed E-state index contributed by atoms with van der Waals surface area (Å²) in [6.07, 6.45) is 2.02. The largest absolute Gasteiger partial charge is 0.225 e. The molecule has 4 nitrogen and oxygen atoms in total. The molecule has 1 saturated heterocycles. The third-order valence-electron chi connectivity index (χ3n) is 1.15. The molecule has 0 aliphatic carbocycles. The van der Waals surface area contributed by atoms with E-state index in [-0.39, 0.29) is 0 Å². The topological polar surface area (TPSA) is 51.5 Å². The molecule has 0 aromatic rings. The zero-order valence-corrected chi connectivity index (χ0v) is 6.06. The van der Waals surface area contributed by atoms with Crippen LogP contribution >= 0.6 is 0 Å². The second-order valence-corrected chi connectivity index (χ2v) is 3.91. The van der Waals surface area contributed by atoms with Crippen LogP contribution in [-0.4, -0.2) is 32.2 Å². The molecule has 0 N–H and O–H groups in total. The van der Waals surface area contributed by atoms with Gasteiger partial charge in [-0.1, -0.05) is 0 Å². The van der Waals surface area contributed by atoms with E-state index in [0.29, 0.717) is 13.1 Å². The van der Waals surface area contributed by atoms with Crippen LogP contribution in [0.15, 0.2) is 0 Å². The van der Waals surface area contributed by atoms with Crippen LogP contribution in [0.2, 0.25) is 0 Å². The van der Waals surface area contributed by atoms with Gasteiger partial charge in [-0.3, -0.25) is 0 Å². The van der Waals surface area contributed by atoms with Crippen molar-refractivity contribution in [3.8, 4) is 0 Å². The molecule has 0 spiro atoms. The van der Waals surface area contributed by atoms with Gasteiger partial charge in [0.25, 0.3) is 0 Å². The number of nitrogens with zero attached hydrogens (tertiary/aromatic N) is 2. The highest BCUT2D eigenvalue weighted by Crippen LogP contribution is 2.02. The van der Waals surface area contributed by atoms with E-state index in [1.807, 2.05) is 0 Å². The van der Waals surface area contributed by atoms with Gasteiger partial charge in [0, 0.05) is 13.1 Å². The third-order valence-corrected chi connectivity index (χ3v) is 2.21. The zero-order valence-electron chi connectivity index (χ0n) is 5.24. The zero-order chi connectivity index (χ0) is 6.91. The smallest absolute Gasteiger partial charge is 0.211 e. The number of rotatable bonds is 1. The Kier molecular flexibility index (Phi) is 1.74. The molecule has 0 bridgehead atoms. The van der Waals surface area contributed by atoms with Gasteiger partial charge in [-0.2, -0.15) is 0 Å². The lowest BCUT2D eigenvalue weighted by atomic mass is 10.5. The lowest BCUT2D eigenvalue weighted by Crippen LogP contribution is -2.30.